The first-order chi connectivity index (χ1) is 5.73. The van der Waals surface area contributed by atoms with Gasteiger partial charge in [0.15, 0.2) is 0 Å². The normalized spacial score (nSPS) is 34.8. The van der Waals surface area contributed by atoms with Gasteiger partial charge < -0.3 is 4.85 Å². The van der Waals surface area contributed by atoms with Crippen LogP contribution in [-0.4, -0.2) is 17.7 Å². The first-order valence-corrected chi connectivity index (χ1v) is 4.18. The Morgan fingerprint density at radius 2 is 2.42 bits per heavy atom. The molecule has 0 bridgehead atoms. The van der Waals surface area contributed by atoms with E-state index in [0.717, 1.165) is 25.7 Å². The van der Waals surface area contributed by atoms with E-state index in [9.17, 15) is 4.79 Å². The van der Waals surface area contributed by atoms with E-state index < -0.39 is 5.54 Å². The van der Waals surface area contributed by atoms with E-state index in [2.05, 4.69) is 9.84 Å². The Morgan fingerprint density at radius 3 is 3.00 bits per heavy atom. The molecule has 2 unspecified atom stereocenters. The number of rotatable bonds is 1. The molecule has 0 aromatic rings. The van der Waals surface area contributed by atoms with Crippen molar-refractivity contribution in [3.05, 3.63) is 11.4 Å². The van der Waals surface area contributed by atoms with Crippen LogP contribution in [0.1, 0.15) is 32.6 Å². The number of aliphatic imine (C=N–C) groups is 1. The van der Waals surface area contributed by atoms with Gasteiger partial charge in [0.1, 0.15) is 5.54 Å². The largest absolute Gasteiger partial charge is 0.311 e. The van der Waals surface area contributed by atoms with Crippen molar-refractivity contribution in [2.75, 3.05) is 0 Å². The predicted molar refractivity (Wildman–Crippen MR) is 45.4 cm³/mol. The molecular formula is C9H12N2O. The van der Waals surface area contributed by atoms with Crippen LogP contribution < -0.4 is 0 Å². The van der Waals surface area contributed by atoms with Crippen molar-refractivity contribution in [2.24, 2.45) is 4.99 Å². The van der Waals surface area contributed by atoms with Crippen molar-refractivity contribution in [1.82, 2.24) is 0 Å². The van der Waals surface area contributed by atoms with Crippen molar-refractivity contribution in [3.8, 4) is 0 Å². The minimum atomic E-state index is -0.457. The van der Waals surface area contributed by atoms with Crippen molar-refractivity contribution in [2.45, 2.75) is 44.2 Å². The standard InChI is InChI=1S/C9H12N2O/c1-9(11-7-12)6-4-3-5-8(9)10-2/h8H,3-6H2,1H3. The molecule has 64 valence electrons. The van der Waals surface area contributed by atoms with Gasteiger partial charge in [-0.2, -0.15) is 4.99 Å². The molecule has 2 atom stereocenters. The smallest absolute Gasteiger partial charge is 0.249 e. The maximum Gasteiger partial charge on any atom is 0.249 e. The molecule has 0 amide bonds. The SMILES string of the molecule is [C-]#[N+]C1CCCCC1(C)N=C=O. The molecule has 0 radical (unpaired) electrons. The van der Waals surface area contributed by atoms with Gasteiger partial charge in [-0.25, -0.2) is 11.4 Å². The molecule has 0 aromatic carbocycles. The zero-order valence-corrected chi connectivity index (χ0v) is 7.21. The molecule has 12 heavy (non-hydrogen) atoms. The molecule has 1 fully saturated rings. The number of hydrogen-bond donors (Lipinski definition) is 0. The molecule has 0 heterocycles. The van der Waals surface area contributed by atoms with E-state index in [0.29, 0.717) is 0 Å². The Kier molecular flexibility index (Phi) is 2.62. The zero-order chi connectivity index (χ0) is 9.03. The minimum Gasteiger partial charge on any atom is -0.311 e. The summed E-state index contributed by atoms with van der Waals surface area (Å²) in [6.45, 7) is 8.84. The number of carbonyl (C=O) groups excluding carboxylic acids is 1. The Bertz CT molecular complexity index is 250. The van der Waals surface area contributed by atoms with E-state index in [1.165, 1.54) is 0 Å². The molecule has 1 saturated carbocycles. The lowest BCUT2D eigenvalue weighted by atomic mass is 9.80. The topological polar surface area (TPSA) is 33.8 Å². The first kappa shape index (κ1) is 8.96. The molecule has 1 aliphatic rings. The van der Waals surface area contributed by atoms with Gasteiger partial charge in [-0.1, -0.05) is 6.42 Å². The summed E-state index contributed by atoms with van der Waals surface area (Å²) in [6, 6.07) is -0.118. The summed E-state index contributed by atoms with van der Waals surface area (Å²) in [6.07, 6.45) is 5.43. The molecule has 3 heteroatoms. The monoisotopic (exact) mass is 164 g/mol. The van der Waals surface area contributed by atoms with Crippen LogP contribution in [0.2, 0.25) is 0 Å². The van der Waals surface area contributed by atoms with Crippen LogP contribution in [0.4, 0.5) is 0 Å². The van der Waals surface area contributed by atoms with E-state index in [4.69, 9.17) is 6.57 Å². The zero-order valence-electron chi connectivity index (χ0n) is 7.21. The summed E-state index contributed by atoms with van der Waals surface area (Å²) in [5.41, 5.74) is -0.457. The van der Waals surface area contributed by atoms with Crippen LogP contribution in [-0.2, 0) is 4.79 Å². The Labute approximate surface area is 72.3 Å². The van der Waals surface area contributed by atoms with Crippen LogP contribution in [0.15, 0.2) is 4.99 Å². The van der Waals surface area contributed by atoms with E-state index in [1.54, 1.807) is 6.08 Å². The highest BCUT2D eigenvalue weighted by Crippen LogP contribution is 2.33. The summed E-state index contributed by atoms with van der Waals surface area (Å²) in [7, 11) is 0. The average molecular weight is 164 g/mol. The Hall–Kier alpha value is -1.13. The van der Waals surface area contributed by atoms with Crippen molar-refractivity contribution in [1.29, 1.82) is 0 Å². The van der Waals surface area contributed by atoms with Gasteiger partial charge >= 0.3 is 0 Å². The highest BCUT2D eigenvalue weighted by Gasteiger charge is 2.41. The second kappa shape index (κ2) is 3.51. The maximum atomic E-state index is 10.1. The number of hydrogen-bond acceptors (Lipinski definition) is 2. The van der Waals surface area contributed by atoms with Gasteiger partial charge in [-0.3, -0.25) is 0 Å². The van der Waals surface area contributed by atoms with E-state index in [-0.39, 0.29) is 6.04 Å². The van der Waals surface area contributed by atoms with Crippen molar-refractivity contribution >= 4 is 6.08 Å². The van der Waals surface area contributed by atoms with Crippen LogP contribution in [0, 0.1) is 6.57 Å². The van der Waals surface area contributed by atoms with E-state index in [1.807, 2.05) is 6.92 Å². The number of isocyanates is 1. The molecule has 0 N–H and O–H groups in total. The third kappa shape index (κ3) is 1.54. The highest BCUT2D eigenvalue weighted by atomic mass is 16.1. The van der Waals surface area contributed by atoms with Gasteiger partial charge in [-0.15, -0.1) is 0 Å². The second-order valence-electron chi connectivity index (χ2n) is 3.45. The summed E-state index contributed by atoms with van der Waals surface area (Å²) >= 11 is 0. The molecule has 1 aliphatic carbocycles. The van der Waals surface area contributed by atoms with Gasteiger partial charge in [-0.05, 0) is 19.8 Å². The molecule has 3 nitrogen and oxygen atoms in total. The summed E-state index contributed by atoms with van der Waals surface area (Å²) in [4.78, 5) is 17.4. The van der Waals surface area contributed by atoms with Crippen molar-refractivity contribution < 1.29 is 4.79 Å². The van der Waals surface area contributed by atoms with Crippen LogP contribution >= 0.6 is 0 Å². The fourth-order valence-corrected chi connectivity index (χ4v) is 1.74. The van der Waals surface area contributed by atoms with Gasteiger partial charge in [0.2, 0.25) is 12.1 Å². The Balaban J connectivity index is 2.83. The second-order valence-corrected chi connectivity index (χ2v) is 3.45. The lowest BCUT2D eigenvalue weighted by molar-refractivity contribution is 0.306. The molecule has 1 rings (SSSR count). The van der Waals surface area contributed by atoms with Gasteiger partial charge in [0, 0.05) is 6.42 Å². The van der Waals surface area contributed by atoms with E-state index >= 15 is 0 Å². The van der Waals surface area contributed by atoms with Gasteiger partial charge in [0.25, 0.3) is 0 Å². The summed E-state index contributed by atoms with van der Waals surface area (Å²) < 4.78 is 0. The molecule has 0 aromatic heterocycles. The summed E-state index contributed by atoms with van der Waals surface area (Å²) in [5.74, 6) is 0. The number of nitrogens with zero attached hydrogens (tertiary/aromatic N) is 2. The molecule has 0 saturated heterocycles. The van der Waals surface area contributed by atoms with Gasteiger partial charge in [0.05, 0.1) is 0 Å². The third-order valence-corrected chi connectivity index (χ3v) is 2.59. The van der Waals surface area contributed by atoms with Crippen molar-refractivity contribution in [3.63, 3.8) is 0 Å². The lowest BCUT2D eigenvalue weighted by Crippen LogP contribution is -2.38. The molecule has 0 spiro atoms. The van der Waals surface area contributed by atoms with Crippen LogP contribution in [0.3, 0.4) is 0 Å². The fourth-order valence-electron chi connectivity index (χ4n) is 1.74. The maximum absolute atomic E-state index is 10.1. The lowest BCUT2D eigenvalue weighted by Gasteiger charge is -2.28. The minimum absolute atomic E-state index is 0.118. The highest BCUT2D eigenvalue weighted by molar-refractivity contribution is 5.35. The predicted octanol–water partition coefficient (Wildman–Crippen LogP) is 1.94. The quantitative estimate of drug-likeness (QED) is 0.331. The fraction of sp³-hybridized carbons (Fsp3) is 0.778. The average Bonchev–Trinajstić information content (AvgIpc) is 2.05. The molecule has 0 aliphatic heterocycles. The third-order valence-electron chi connectivity index (χ3n) is 2.59. The van der Waals surface area contributed by atoms with Crippen LogP contribution in [0.5, 0.6) is 0 Å². The molecular weight excluding hydrogens is 152 g/mol. The summed E-state index contributed by atoms with van der Waals surface area (Å²) in [5, 5.41) is 0. The van der Waals surface area contributed by atoms with Crippen LogP contribution in [0.25, 0.3) is 4.85 Å². The first-order valence-electron chi connectivity index (χ1n) is 4.18. The Morgan fingerprint density at radius 1 is 1.67 bits per heavy atom.